The van der Waals surface area contributed by atoms with Crippen LogP contribution in [0.15, 0.2) is 67.1 Å². The Morgan fingerprint density at radius 1 is 0.859 bits per heavy atom. The van der Waals surface area contributed by atoms with Gasteiger partial charge in [-0.25, -0.2) is 4.98 Å². The van der Waals surface area contributed by atoms with Crippen LogP contribution in [-0.2, 0) is 20.9 Å². The molecule has 0 saturated carbocycles. The van der Waals surface area contributed by atoms with E-state index in [1.165, 1.54) is 0 Å². The van der Waals surface area contributed by atoms with Gasteiger partial charge in [0.15, 0.2) is 0 Å². The lowest BCUT2D eigenvalue weighted by Crippen LogP contribution is -2.53. The zero-order valence-electron chi connectivity index (χ0n) is 36.9. The van der Waals surface area contributed by atoms with E-state index in [9.17, 15) is 24.0 Å². The summed E-state index contributed by atoms with van der Waals surface area (Å²) < 4.78 is 0. The van der Waals surface area contributed by atoms with E-state index < -0.39 is 11.9 Å². The number of hydrogen-bond acceptors (Lipinski definition) is 10. The SMILES string of the molecule is O=C(/C=C/c1cccnc1)NCCCCC1CCN(C(=O)c2ccc(N3CCC(N4CCN(CCCC#Cc5cccc6c5C(=O)N(C5CCC(=O)NC5=O)C6)CC4)CC3)nc2)CC1. The Bertz CT molecular complexity index is 2210. The molecule has 0 aliphatic carbocycles. The lowest BCUT2D eigenvalue weighted by atomic mass is 9.91. The van der Waals surface area contributed by atoms with Crippen molar-refractivity contribution in [2.24, 2.45) is 5.92 Å². The summed E-state index contributed by atoms with van der Waals surface area (Å²) in [5.41, 5.74) is 3.73. The molecule has 4 fully saturated rings. The molecule has 5 amide bonds. The average Bonchev–Trinajstić information content (AvgIpc) is 3.67. The van der Waals surface area contributed by atoms with Crippen molar-refractivity contribution >= 4 is 41.4 Å². The summed E-state index contributed by atoms with van der Waals surface area (Å²) >= 11 is 0. The lowest BCUT2D eigenvalue weighted by molar-refractivity contribution is -0.137. The molecule has 1 atom stereocenters. The van der Waals surface area contributed by atoms with Crippen molar-refractivity contribution in [2.45, 2.75) is 89.3 Å². The number of aromatic nitrogens is 2. The number of likely N-dealkylation sites (tertiary alicyclic amines) is 1. The topological polar surface area (TPSA) is 151 Å². The predicted molar refractivity (Wildman–Crippen MR) is 245 cm³/mol. The minimum Gasteiger partial charge on any atom is -0.357 e. The molecule has 4 saturated heterocycles. The summed E-state index contributed by atoms with van der Waals surface area (Å²) in [5.74, 6) is 7.20. The second-order valence-electron chi connectivity index (χ2n) is 17.8. The van der Waals surface area contributed by atoms with Gasteiger partial charge in [0.1, 0.15) is 11.9 Å². The number of benzene rings is 1. The maximum atomic E-state index is 13.4. The van der Waals surface area contributed by atoms with Gasteiger partial charge in [0.2, 0.25) is 17.7 Å². The second-order valence-corrected chi connectivity index (χ2v) is 17.8. The third-order valence-corrected chi connectivity index (χ3v) is 13.6. The summed E-state index contributed by atoms with van der Waals surface area (Å²) in [5, 5.41) is 5.33. The van der Waals surface area contributed by atoms with E-state index in [0.717, 1.165) is 134 Å². The Morgan fingerprint density at radius 3 is 2.44 bits per heavy atom. The van der Waals surface area contributed by atoms with Crippen LogP contribution in [0.25, 0.3) is 6.08 Å². The molecule has 3 aromatic rings. The van der Waals surface area contributed by atoms with Gasteiger partial charge in [0, 0.05) is 115 Å². The molecule has 5 aliphatic heterocycles. The lowest BCUT2D eigenvalue weighted by Gasteiger charge is -2.43. The Morgan fingerprint density at radius 2 is 1.69 bits per heavy atom. The Hall–Kier alpha value is -5.91. The van der Waals surface area contributed by atoms with E-state index in [1.54, 1.807) is 35.6 Å². The van der Waals surface area contributed by atoms with E-state index in [2.05, 4.69) is 42.2 Å². The van der Waals surface area contributed by atoms with E-state index in [-0.39, 0.29) is 30.0 Å². The standard InChI is InChI=1S/C50H61N9O5/c60-45(17-13-38-9-7-23-51-34-38)52-24-4-3-8-37-19-26-58(27-20-37)49(63)40-14-16-44(53-35-40)57-28-21-42(22-29-57)56-32-30-55(31-33-56)25-5-1-2-10-39-11-6-12-41-36-59(50(64)47(39)41)43-15-18-46(61)54-48(43)62/h6-7,9,11-14,16-17,23,34-35,37,42-43H,1,3-5,8,15,18-22,24-33,36H2,(H,52,60)(H,54,61,62)/b17-13+. The molecule has 0 bridgehead atoms. The van der Waals surface area contributed by atoms with Gasteiger partial charge in [-0.1, -0.05) is 42.9 Å². The van der Waals surface area contributed by atoms with Crippen LogP contribution in [0.1, 0.15) is 108 Å². The number of imide groups is 1. The number of piperidine rings is 3. The van der Waals surface area contributed by atoms with Crippen LogP contribution >= 0.6 is 0 Å². The molecule has 7 heterocycles. The van der Waals surface area contributed by atoms with E-state index >= 15 is 0 Å². The summed E-state index contributed by atoms with van der Waals surface area (Å²) in [6.07, 6.45) is 18.2. The summed E-state index contributed by atoms with van der Waals surface area (Å²) in [7, 11) is 0. The molecule has 1 unspecified atom stereocenters. The number of carbonyl (C=O) groups excluding carboxylic acids is 5. The fourth-order valence-corrected chi connectivity index (χ4v) is 9.86. The highest BCUT2D eigenvalue weighted by atomic mass is 16.2. The fraction of sp³-hybridized carbons (Fsp3) is 0.500. The summed E-state index contributed by atoms with van der Waals surface area (Å²) in [4.78, 5) is 82.8. The first kappa shape index (κ1) is 44.7. The molecular weight excluding hydrogens is 807 g/mol. The Balaban J connectivity index is 0.685. The largest absolute Gasteiger partial charge is 0.357 e. The minimum absolute atomic E-state index is 0.0692. The number of hydrogen-bond donors (Lipinski definition) is 2. The molecule has 5 aliphatic rings. The van der Waals surface area contributed by atoms with Gasteiger partial charge in [0.25, 0.3) is 11.8 Å². The Kier molecular flexibility index (Phi) is 15.1. The number of piperazine rings is 1. The summed E-state index contributed by atoms with van der Waals surface area (Å²) in [6, 6.07) is 13.4. The number of nitrogens with zero attached hydrogens (tertiary/aromatic N) is 7. The first-order valence-corrected chi connectivity index (χ1v) is 23.4. The summed E-state index contributed by atoms with van der Waals surface area (Å²) in [6.45, 7) is 9.71. The van der Waals surface area contributed by atoms with Crippen LogP contribution in [0, 0.1) is 17.8 Å². The van der Waals surface area contributed by atoms with Crippen LogP contribution in [0.4, 0.5) is 5.82 Å². The highest BCUT2D eigenvalue weighted by molar-refractivity contribution is 6.06. The normalized spacial score (nSPS) is 20.3. The first-order valence-electron chi connectivity index (χ1n) is 23.4. The number of rotatable bonds is 14. The monoisotopic (exact) mass is 867 g/mol. The van der Waals surface area contributed by atoms with Gasteiger partial charge in [0.05, 0.1) is 11.1 Å². The quantitative estimate of drug-likeness (QED) is 0.103. The van der Waals surface area contributed by atoms with Crippen LogP contribution < -0.4 is 15.5 Å². The molecule has 2 N–H and O–H groups in total. The van der Waals surface area contributed by atoms with Crippen LogP contribution in [0.5, 0.6) is 0 Å². The van der Waals surface area contributed by atoms with Crippen molar-refractivity contribution in [3.63, 3.8) is 0 Å². The highest BCUT2D eigenvalue weighted by Gasteiger charge is 2.40. The molecule has 64 heavy (non-hydrogen) atoms. The van der Waals surface area contributed by atoms with Crippen LogP contribution in [0.2, 0.25) is 0 Å². The molecule has 0 radical (unpaired) electrons. The number of nitrogens with one attached hydrogen (secondary N) is 2. The number of pyridine rings is 2. The van der Waals surface area contributed by atoms with Gasteiger partial charge in [-0.2, -0.15) is 0 Å². The van der Waals surface area contributed by atoms with Crippen molar-refractivity contribution in [3.8, 4) is 11.8 Å². The second kappa shape index (κ2) is 21.6. The third-order valence-electron chi connectivity index (χ3n) is 13.6. The van der Waals surface area contributed by atoms with Gasteiger partial charge >= 0.3 is 0 Å². The smallest absolute Gasteiger partial charge is 0.256 e. The fourth-order valence-electron chi connectivity index (χ4n) is 9.86. The zero-order chi connectivity index (χ0) is 44.3. The van der Waals surface area contributed by atoms with Crippen molar-refractivity contribution in [1.82, 2.24) is 40.2 Å². The van der Waals surface area contributed by atoms with E-state index in [1.807, 2.05) is 47.4 Å². The highest BCUT2D eigenvalue weighted by Crippen LogP contribution is 2.30. The van der Waals surface area contributed by atoms with Gasteiger partial charge < -0.3 is 24.9 Å². The van der Waals surface area contributed by atoms with Crippen molar-refractivity contribution in [3.05, 3.63) is 94.9 Å². The zero-order valence-corrected chi connectivity index (χ0v) is 36.9. The molecule has 8 rings (SSSR count). The molecule has 14 nitrogen and oxygen atoms in total. The molecular formula is C50H61N9O5. The van der Waals surface area contributed by atoms with Crippen LogP contribution in [0.3, 0.4) is 0 Å². The Labute approximate surface area is 376 Å². The number of unbranched alkanes of at least 4 members (excludes halogenated alkanes) is 2. The van der Waals surface area contributed by atoms with Crippen molar-refractivity contribution in [1.29, 1.82) is 0 Å². The minimum atomic E-state index is -0.627. The number of amides is 5. The van der Waals surface area contributed by atoms with Crippen molar-refractivity contribution < 1.29 is 24.0 Å². The molecule has 2 aromatic heterocycles. The molecule has 1 aromatic carbocycles. The number of fused-ring (bicyclic) bond motifs is 1. The van der Waals surface area contributed by atoms with Gasteiger partial charge in [-0.3, -0.25) is 39.2 Å². The predicted octanol–water partition coefficient (Wildman–Crippen LogP) is 4.51. The molecule has 0 spiro atoms. The van der Waals surface area contributed by atoms with E-state index in [4.69, 9.17) is 4.98 Å². The molecule has 14 heteroatoms. The number of carbonyl (C=O) groups is 5. The molecule has 336 valence electrons. The third kappa shape index (κ3) is 11.4. The number of anilines is 1. The maximum absolute atomic E-state index is 13.4. The van der Waals surface area contributed by atoms with E-state index in [0.29, 0.717) is 48.2 Å². The van der Waals surface area contributed by atoms with Gasteiger partial charge in [-0.15, -0.1) is 0 Å². The average molecular weight is 868 g/mol. The van der Waals surface area contributed by atoms with Crippen LogP contribution in [-0.4, -0.2) is 137 Å². The maximum Gasteiger partial charge on any atom is 0.256 e. The first-order chi connectivity index (χ1) is 31.3. The van der Waals surface area contributed by atoms with Gasteiger partial charge in [-0.05, 0) is 98.9 Å². The van der Waals surface area contributed by atoms with Crippen molar-refractivity contribution in [2.75, 3.05) is 70.3 Å².